The lowest BCUT2D eigenvalue weighted by Gasteiger charge is -2.23. The first-order chi connectivity index (χ1) is 11.8. The van der Waals surface area contributed by atoms with Crippen molar-refractivity contribution in [2.24, 2.45) is 29.1 Å². The van der Waals surface area contributed by atoms with Crippen LogP contribution in [0.2, 0.25) is 5.02 Å². The van der Waals surface area contributed by atoms with E-state index in [0.29, 0.717) is 0 Å². The van der Waals surface area contributed by atoms with Gasteiger partial charge in [0.05, 0.1) is 28.1 Å². The highest BCUT2D eigenvalue weighted by Crippen LogP contribution is 2.73. The number of hydrogen-bond acceptors (Lipinski definition) is 2. The van der Waals surface area contributed by atoms with E-state index in [0.717, 1.165) is 35.9 Å². The molecule has 1 heterocycles. The van der Waals surface area contributed by atoms with Crippen molar-refractivity contribution < 1.29 is 22.8 Å². The summed E-state index contributed by atoms with van der Waals surface area (Å²) in [7, 11) is 0. The Bertz CT molecular complexity index is 824. The van der Waals surface area contributed by atoms with Crippen molar-refractivity contribution in [3.05, 3.63) is 40.9 Å². The highest BCUT2D eigenvalue weighted by atomic mass is 35.5. The number of benzene rings is 1. The molecule has 3 fully saturated rings. The molecule has 3 nitrogen and oxygen atoms in total. The molecule has 130 valence electrons. The standard InChI is InChI=1S/C18H13ClF3NO2/c19-11-4-1-8(18(20,21)22)7-12(11)23-15(24)13-9-2-3-10(14(13)16(23)25)17(9)5-6-17/h1-4,7,9-10,13-14H,5-6H2/t9-,10+,13-,14-/m1/s1. The van der Waals surface area contributed by atoms with E-state index in [1.807, 2.05) is 12.2 Å². The van der Waals surface area contributed by atoms with Gasteiger partial charge in [-0.3, -0.25) is 9.59 Å². The molecule has 1 aromatic rings. The number of amides is 2. The zero-order valence-corrected chi connectivity index (χ0v) is 13.6. The summed E-state index contributed by atoms with van der Waals surface area (Å²) in [5.74, 6) is -1.72. The van der Waals surface area contributed by atoms with Crippen LogP contribution in [0.1, 0.15) is 18.4 Å². The van der Waals surface area contributed by atoms with Crippen LogP contribution in [-0.2, 0) is 15.8 Å². The van der Waals surface area contributed by atoms with Crippen molar-refractivity contribution in [1.29, 1.82) is 0 Å². The van der Waals surface area contributed by atoms with Crippen LogP contribution in [0.15, 0.2) is 30.4 Å². The first-order valence-corrected chi connectivity index (χ1v) is 8.56. The lowest BCUT2D eigenvalue weighted by molar-refractivity contribution is -0.137. The van der Waals surface area contributed by atoms with E-state index >= 15 is 0 Å². The number of hydrogen-bond donors (Lipinski definition) is 0. The van der Waals surface area contributed by atoms with Gasteiger partial charge in [-0.15, -0.1) is 0 Å². The van der Waals surface area contributed by atoms with Gasteiger partial charge in [0.1, 0.15) is 0 Å². The molecule has 1 aliphatic heterocycles. The Kier molecular flexibility index (Phi) is 2.76. The van der Waals surface area contributed by atoms with Crippen LogP contribution < -0.4 is 4.90 Å². The molecule has 0 aromatic heterocycles. The summed E-state index contributed by atoms with van der Waals surface area (Å²) in [6, 6.07) is 2.73. The van der Waals surface area contributed by atoms with Crippen molar-refractivity contribution in [3.63, 3.8) is 0 Å². The normalized spacial score (nSPS) is 34.3. The summed E-state index contributed by atoms with van der Waals surface area (Å²) in [5.41, 5.74) is -1.04. The number of allylic oxidation sites excluding steroid dienone is 2. The fraction of sp³-hybridized carbons (Fsp3) is 0.444. The Morgan fingerprint density at radius 2 is 1.60 bits per heavy atom. The minimum Gasteiger partial charge on any atom is -0.274 e. The minimum atomic E-state index is -4.57. The number of alkyl halides is 3. The molecule has 5 rings (SSSR count). The fourth-order valence-corrected chi connectivity index (χ4v) is 5.38. The first kappa shape index (κ1) is 15.4. The van der Waals surface area contributed by atoms with Crippen LogP contribution in [0.4, 0.5) is 18.9 Å². The second-order valence-electron chi connectivity index (χ2n) is 7.40. The SMILES string of the molecule is O=C1[C@H]2[C@H](C(=O)N1c1cc(C(F)(F)F)ccc1Cl)[C@@H]1C=C[C@H]2C12CC2. The van der Waals surface area contributed by atoms with Crippen molar-refractivity contribution in [2.75, 3.05) is 4.90 Å². The minimum absolute atomic E-state index is 0.0218. The smallest absolute Gasteiger partial charge is 0.274 e. The van der Waals surface area contributed by atoms with Gasteiger partial charge in [-0.25, -0.2) is 4.90 Å². The maximum absolute atomic E-state index is 13.0. The second-order valence-corrected chi connectivity index (χ2v) is 7.80. The van der Waals surface area contributed by atoms with E-state index in [1.54, 1.807) is 0 Å². The molecule has 3 aliphatic carbocycles. The van der Waals surface area contributed by atoms with Crippen LogP contribution in [0.25, 0.3) is 0 Å². The van der Waals surface area contributed by atoms with Gasteiger partial charge in [-0.1, -0.05) is 23.8 Å². The lowest BCUT2D eigenvalue weighted by atomic mass is 9.85. The van der Waals surface area contributed by atoms with Crippen molar-refractivity contribution in [2.45, 2.75) is 19.0 Å². The van der Waals surface area contributed by atoms with Crippen LogP contribution in [0.3, 0.4) is 0 Å². The molecule has 2 bridgehead atoms. The van der Waals surface area contributed by atoms with Gasteiger partial charge in [0.25, 0.3) is 0 Å². The van der Waals surface area contributed by atoms with Crippen molar-refractivity contribution in [3.8, 4) is 0 Å². The average molecular weight is 368 g/mol. The maximum Gasteiger partial charge on any atom is 0.416 e. The summed E-state index contributed by atoms with van der Waals surface area (Å²) in [5, 5.41) is -0.0314. The van der Waals surface area contributed by atoms with E-state index in [-0.39, 0.29) is 28.0 Å². The molecule has 0 radical (unpaired) electrons. The van der Waals surface area contributed by atoms with Gasteiger partial charge in [-0.2, -0.15) is 13.2 Å². The summed E-state index contributed by atoms with van der Waals surface area (Å²) in [4.78, 5) is 26.8. The topological polar surface area (TPSA) is 37.4 Å². The first-order valence-electron chi connectivity index (χ1n) is 8.18. The molecule has 2 saturated carbocycles. The molecule has 1 saturated heterocycles. The number of carbonyl (C=O) groups excluding carboxylic acids is 2. The Labute approximate surface area is 146 Å². The Balaban J connectivity index is 1.58. The number of anilines is 1. The lowest BCUT2D eigenvalue weighted by Crippen LogP contribution is -2.35. The molecule has 0 N–H and O–H groups in total. The predicted octanol–water partition coefficient (Wildman–Crippen LogP) is 4.06. The third kappa shape index (κ3) is 1.78. The molecule has 0 unspecified atom stereocenters. The average Bonchev–Trinajstić information content (AvgIpc) is 3.13. The Hall–Kier alpha value is -1.82. The van der Waals surface area contributed by atoms with Gasteiger partial charge in [0.15, 0.2) is 0 Å². The van der Waals surface area contributed by atoms with Gasteiger partial charge in [-0.05, 0) is 48.3 Å². The third-order valence-corrected chi connectivity index (χ3v) is 6.69. The second kappa shape index (κ2) is 4.47. The number of fused-ring (bicyclic) bond motifs is 3. The van der Waals surface area contributed by atoms with Crippen molar-refractivity contribution >= 4 is 29.1 Å². The van der Waals surface area contributed by atoms with Gasteiger partial charge in [0, 0.05) is 0 Å². The monoisotopic (exact) mass is 367 g/mol. The zero-order valence-electron chi connectivity index (χ0n) is 12.9. The molecule has 4 aliphatic rings. The zero-order chi connectivity index (χ0) is 17.7. The number of nitrogens with zero attached hydrogens (tertiary/aromatic N) is 1. The molecule has 25 heavy (non-hydrogen) atoms. The molecular formula is C18H13ClF3NO2. The Morgan fingerprint density at radius 3 is 2.08 bits per heavy atom. The molecule has 4 atom stereocenters. The van der Waals surface area contributed by atoms with Gasteiger partial charge >= 0.3 is 6.18 Å². The van der Waals surface area contributed by atoms with E-state index in [4.69, 9.17) is 11.6 Å². The summed E-state index contributed by atoms with van der Waals surface area (Å²) >= 11 is 6.04. The Morgan fingerprint density at radius 1 is 1.04 bits per heavy atom. The summed E-state index contributed by atoms with van der Waals surface area (Å²) < 4.78 is 39.0. The van der Waals surface area contributed by atoms with Crippen LogP contribution >= 0.6 is 11.6 Å². The van der Waals surface area contributed by atoms with Crippen LogP contribution in [0.5, 0.6) is 0 Å². The quantitative estimate of drug-likeness (QED) is 0.554. The largest absolute Gasteiger partial charge is 0.416 e. The van der Waals surface area contributed by atoms with Crippen molar-refractivity contribution in [1.82, 2.24) is 0 Å². The number of halogens is 4. The van der Waals surface area contributed by atoms with Gasteiger partial charge < -0.3 is 0 Å². The molecule has 7 heteroatoms. The highest BCUT2D eigenvalue weighted by molar-refractivity contribution is 6.36. The molecule has 2 amide bonds. The van der Waals surface area contributed by atoms with Gasteiger partial charge in [0.2, 0.25) is 11.8 Å². The van der Waals surface area contributed by atoms with E-state index in [9.17, 15) is 22.8 Å². The summed E-state index contributed by atoms with van der Waals surface area (Å²) in [6.07, 6.45) is 1.47. The highest BCUT2D eigenvalue weighted by Gasteiger charge is 2.73. The fourth-order valence-electron chi connectivity index (χ4n) is 5.18. The van der Waals surface area contributed by atoms with E-state index in [1.165, 1.54) is 0 Å². The van der Waals surface area contributed by atoms with E-state index < -0.39 is 35.4 Å². The molecular weight excluding hydrogens is 355 g/mol. The number of carbonyl (C=O) groups is 2. The molecule has 1 aromatic carbocycles. The van der Waals surface area contributed by atoms with E-state index in [2.05, 4.69) is 0 Å². The number of imide groups is 1. The van der Waals surface area contributed by atoms with Crippen LogP contribution in [-0.4, -0.2) is 11.8 Å². The molecule has 1 spiro atoms. The summed E-state index contributed by atoms with van der Waals surface area (Å²) in [6.45, 7) is 0. The number of rotatable bonds is 1. The van der Waals surface area contributed by atoms with Crippen LogP contribution in [0, 0.1) is 29.1 Å². The third-order valence-electron chi connectivity index (χ3n) is 6.37. The maximum atomic E-state index is 13.0. The predicted molar refractivity (Wildman–Crippen MR) is 83.7 cm³/mol.